The highest BCUT2D eigenvalue weighted by atomic mass is 35.5. The Morgan fingerprint density at radius 2 is 2.08 bits per heavy atom. The lowest BCUT2D eigenvalue weighted by Crippen LogP contribution is -2.38. The molecule has 0 aliphatic carbocycles. The molecule has 1 atom stereocenters. The Morgan fingerprint density at radius 1 is 1.29 bits per heavy atom. The van der Waals surface area contributed by atoms with Gasteiger partial charge < -0.3 is 15.3 Å². The number of nitrogens with one attached hydrogen (secondary N) is 1. The van der Waals surface area contributed by atoms with Gasteiger partial charge in [0, 0.05) is 37.5 Å². The second-order valence-electron chi connectivity index (χ2n) is 6.36. The van der Waals surface area contributed by atoms with Gasteiger partial charge in [-0.2, -0.15) is 0 Å². The van der Waals surface area contributed by atoms with E-state index in [0.29, 0.717) is 23.9 Å². The molecule has 2 rings (SSSR count). The first-order valence-corrected chi connectivity index (χ1v) is 8.86. The predicted molar refractivity (Wildman–Crippen MR) is 93.9 cm³/mol. The molecule has 5 nitrogen and oxygen atoms in total. The van der Waals surface area contributed by atoms with Crippen LogP contribution >= 0.6 is 11.6 Å². The summed E-state index contributed by atoms with van der Waals surface area (Å²) >= 11 is 6.07. The summed E-state index contributed by atoms with van der Waals surface area (Å²) in [6, 6.07) is 7.48. The van der Waals surface area contributed by atoms with Crippen LogP contribution in [-0.4, -0.2) is 41.5 Å². The molecule has 1 unspecified atom stereocenters. The first kappa shape index (κ1) is 18.7. The Labute approximate surface area is 148 Å². The fourth-order valence-corrected chi connectivity index (χ4v) is 3.30. The zero-order valence-corrected chi connectivity index (χ0v) is 14.6. The van der Waals surface area contributed by atoms with Gasteiger partial charge >= 0.3 is 5.97 Å². The van der Waals surface area contributed by atoms with Gasteiger partial charge in [0.05, 0.1) is 0 Å². The van der Waals surface area contributed by atoms with Crippen LogP contribution in [0.5, 0.6) is 0 Å². The van der Waals surface area contributed by atoms with Gasteiger partial charge in [0.15, 0.2) is 0 Å². The van der Waals surface area contributed by atoms with Crippen molar-refractivity contribution in [1.82, 2.24) is 10.2 Å². The molecule has 0 bridgehead atoms. The molecule has 1 aromatic rings. The Hall–Kier alpha value is -1.59. The van der Waals surface area contributed by atoms with Gasteiger partial charge in [-0.15, -0.1) is 0 Å². The molecule has 1 saturated heterocycles. The summed E-state index contributed by atoms with van der Waals surface area (Å²) in [5.74, 6) is -0.283. The van der Waals surface area contributed by atoms with Crippen LogP contribution in [0.15, 0.2) is 24.3 Å². The van der Waals surface area contributed by atoms with Crippen molar-refractivity contribution in [2.45, 2.75) is 38.6 Å². The highest BCUT2D eigenvalue weighted by Gasteiger charge is 2.20. The molecule has 24 heavy (non-hydrogen) atoms. The van der Waals surface area contributed by atoms with Crippen LogP contribution in [-0.2, 0) is 16.1 Å². The van der Waals surface area contributed by atoms with Gasteiger partial charge in [0.25, 0.3) is 0 Å². The van der Waals surface area contributed by atoms with Gasteiger partial charge in [-0.05, 0) is 43.4 Å². The van der Waals surface area contributed by atoms with Crippen molar-refractivity contribution in [3.8, 4) is 0 Å². The number of benzene rings is 1. The molecular weight excluding hydrogens is 328 g/mol. The smallest absolute Gasteiger partial charge is 0.303 e. The van der Waals surface area contributed by atoms with E-state index in [1.807, 2.05) is 24.3 Å². The molecule has 1 aromatic carbocycles. The van der Waals surface area contributed by atoms with E-state index in [-0.39, 0.29) is 12.3 Å². The molecule has 1 aliphatic rings. The van der Waals surface area contributed by atoms with Crippen molar-refractivity contribution in [3.63, 3.8) is 0 Å². The van der Waals surface area contributed by atoms with E-state index in [0.717, 1.165) is 44.5 Å². The van der Waals surface area contributed by atoms with E-state index in [1.54, 1.807) is 0 Å². The number of carbonyl (C=O) groups excluding carboxylic acids is 1. The average molecular weight is 353 g/mol. The van der Waals surface area contributed by atoms with Gasteiger partial charge in [-0.25, -0.2) is 0 Å². The third-order valence-corrected chi connectivity index (χ3v) is 4.83. The summed E-state index contributed by atoms with van der Waals surface area (Å²) in [5, 5.41) is 12.3. The van der Waals surface area contributed by atoms with Crippen LogP contribution in [0.4, 0.5) is 0 Å². The number of piperidine rings is 1. The maximum absolute atomic E-state index is 12.0. The summed E-state index contributed by atoms with van der Waals surface area (Å²) in [4.78, 5) is 25.0. The Morgan fingerprint density at radius 3 is 2.83 bits per heavy atom. The molecule has 0 radical (unpaired) electrons. The fourth-order valence-electron chi connectivity index (χ4n) is 3.10. The number of rotatable bonds is 8. The van der Waals surface area contributed by atoms with E-state index in [1.165, 1.54) is 0 Å². The molecule has 132 valence electrons. The number of carboxylic acids is 1. The van der Waals surface area contributed by atoms with E-state index in [4.69, 9.17) is 16.7 Å². The van der Waals surface area contributed by atoms with Crippen molar-refractivity contribution in [2.75, 3.05) is 19.6 Å². The van der Waals surface area contributed by atoms with E-state index >= 15 is 0 Å². The van der Waals surface area contributed by atoms with Gasteiger partial charge in [-0.1, -0.05) is 29.8 Å². The van der Waals surface area contributed by atoms with Crippen LogP contribution in [0.3, 0.4) is 0 Å². The lowest BCUT2D eigenvalue weighted by molar-refractivity contribution is -0.137. The minimum Gasteiger partial charge on any atom is -0.481 e. The zero-order valence-electron chi connectivity index (χ0n) is 13.8. The third-order valence-electron chi connectivity index (χ3n) is 4.46. The standard InChI is InChI=1S/C18H25ClN2O3/c19-16-6-2-1-5-15(16)12-20-17(22)9-11-21-10-3-4-14(13-21)7-8-18(23)24/h1-2,5-6,14H,3-4,7-13H2,(H,20,22)(H,23,24). The van der Waals surface area contributed by atoms with Crippen molar-refractivity contribution in [3.05, 3.63) is 34.9 Å². The topological polar surface area (TPSA) is 69.6 Å². The summed E-state index contributed by atoms with van der Waals surface area (Å²) in [7, 11) is 0. The van der Waals surface area contributed by atoms with Crippen LogP contribution < -0.4 is 5.32 Å². The maximum Gasteiger partial charge on any atom is 0.303 e. The second kappa shape index (κ2) is 9.64. The number of likely N-dealkylation sites (tertiary alicyclic amines) is 1. The highest BCUT2D eigenvalue weighted by molar-refractivity contribution is 6.31. The minimum absolute atomic E-state index is 0.0163. The molecule has 1 heterocycles. The number of aliphatic carboxylic acids is 1. The van der Waals surface area contributed by atoms with Crippen molar-refractivity contribution in [1.29, 1.82) is 0 Å². The lowest BCUT2D eigenvalue weighted by atomic mass is 9.93. The van der Waals surface area contributed by atoms with Crippen molar-refractivity contribution >= 4 is 23.5 Å². The molecule has 1 fully saturated rings. The number of carbonyl (C=O) groups is 2. The van der Waals surface area contributed by atoms with Crippen LogP contribution in [0.2, 0.25) is 5.02 Å². The SMILES string of the molecule is O=C(O)CCC1CCCN(CCC(=O)NCc2ccccc2Cl)C1. The van der Waals surface area contributed by atoms with Crippen LogP contribution in [0.25, 0.3) is 0 Å². The number of amides is 1. The Balaban J connectivity index is 1.67. The first-order valence-electron chi connectivity index (χ1n) is 8.49. The molecule has 1 aliphatic heterocycles. The average Bonchev–Trinajstić information content (AvgIpc) is 2.58. The summed E-state index contributed by atoms with van der Waals surface area (Å²) in [6.45, 7) is 3.05. The van der Waals surface area contributed by atoms with E-state index < -0.39 is 5.97 Å². The zero-order chi connectivity index (χ0) is 17.4. The molecule has 1 amide bonds. The summed E-state index contributed by atoms with van der Waals surface area (Å²) < 4.78 is 0. The number of nitrogens with zero attached hydrogens (tertiary/aromatic N) is 1. The first-order chi connectivity index (χ1) is 11.5. The lowest BCUT2D eigenvalue weighted by Gasteiger charge is -2.32. The summed E-state index contributed by atoms with van der Waals surface area (Å²) in [5.41, 5.74) is 0.916. The maximum atomic E-state index is 12.0. The van der Waals surface area contributed by atoms with Crippen molar-refractivity contribution < 1.29 is 14.7 Å². The van der Waals surface area contributed by atoms with Crippen LogP contribution in [0, 0.1) is 5.92 Å². The van der Waals surface area contributed by atoms with E-state index in [9.17, 15) is 9.59 Å². The molecular formula is C18H25ClN2O3. The summed E-state index contributed by atoms with van der Waals surface area (Å²) in [6.07, 6.45) is 3.57. The second-order valence-corrected chi connectivity index (χ2v) is 6.77. The highest BCUT2D eigenvalue weighted by Crippen LogP contribution is 2.21. The molecule has 2 N–H and O–H groups in total. The van der Waals surface area contributed by atoms with Gasteiger partial charge in [0.2, 0.25) is 5.91 Å². The Bertz CT molecular complexity index is 565. The van der Waals surface area contributed by atoms with E-state index in [2.05, 4.69) is 10.2 Å². The predicted octanol–water partition coefficient (Wildman–Crippen LogP) is 2.92. The van der Waals surface area contributed by atoms with Gasteiger partial charge in [-0.3, -0.25) is 9.59 Å². The molecule has 0 aromatic heterocycles. The molecule has 0 saturated carbocycles. The fraction of sp³-hybridized carbons (Fsp3) is 0.556. The molecule has 6 heteroatoms. The number of hydrogen-bond donors (Lipinski definition) is 2. The number of hydrogen-bond acceptors (Lipinski definition) is 3. The Kier molecular flexibility index (Phi) is 7.53. The molecule has 0 spiro atoms. The van der Waals surface area contributed by atoms with Crippen molar-refractivity contribution in [2.24, 2.45) is 5.92 Å². The number of halogens is 1. The quantitative estimate of drug-likeness (QED) is 0.754. The minimum atomic E-state index is -0.730. The van der Waals surface area contributed by atoms with Crippen LogP contribution in [0.1, 0.15) is 37.7 Å². The third kappa shape index (κ3) is 6.49. The largest absolute Gasteiger partial charge is 0.481 e. The monoisotopic (exact) mass is 352 g/mol. The number of carboxylic acid groups (broad SMARTS) is 1. The normalized spacial score (nSPS) is 18.3. The van der Waals surface area contributed by atoms with Gasteiger partial charge in [0.1, 0.15) is 0 Å².